The van der Waals surface area contributed by atoms with Gasteiger partial charge in [-0.25, -0.2) is 9.59 Å². The summed E-state index contributed by atoms with van der Waals surface area (Å²) in [6.07, 6.45) is 0.0441. The molecule has 0 radical (unpaired) electrons. The molecule has 0 aliphatic rings. The van der Waals surface area contributed by atoms with Crippen LogP contribution in [0, 0.1) is 0 Å². The molecule has 0 spiro atoms. The first-order valence-electron chi connectivity index (χ1n) is 4.91. The number of urea groups is 1. The van der Waals surface area contributed by atoms with E-state index in [4.69, 9.17) is 11.6 Å². The fourth-order valence-electron chi connectivity index (χ4n) is 1.09. The van der Waals surface area contributed by atoms with Gasteiger partial charge in [0.15, 0.2) is 0 Å². The van der Waals surface area contributed by atoms with Gasteiger partial charge in [-0.1, -0.05) is 0 Å². The molecule has 0 atom stereocenters. The zero-order valence-corrected chi connectivity index (χ0v) is 11.1. The van der Waals surface area contributed by atoms with Gasteiger partial charge in [0, 0.05) is 12.3 Å². The van der Waals surface area contributed by atoms with Crippen LogP contribution in [0.3, 0.4) is 0 Å². The van der Waals surface area contributed by atoms with Crippen LogP contribution in [0.1, 0.15) is 16.1 Å². The Bertz CT molecular complexity index is 460. The fourth-order valence-corrected chi connectivity index (χ4v) is 2.02. The molecule has 1 heterocycles. The number of rotatable bonds is 4. The summed E-state index contributed by atoms with van der Waals surface area (Å²) in [7, 11) is 1.25. The van der Waals surface area contributed by atoms with Crippen LogP contribution in [0.15, 0.2) is 11.4 Å². The Morgan fingerprint density at radius 2 is 2.17 bits per heavy atom. The average Bonchev–Trinajstić information content (AvgIpc) is 2.76. The number of ether oxygens (including phenoxy) is 1. The highest BCUT2D eigenvalue weighted by molar-refractivity contribution is 7.12. The SMILES string of the molecule is COC(=O)c1sccc1NC(=O)NC(=O)CCCl. The van der Waals surface area contributed by atoms with Gasteiger partial charge < -0.3 is 10.1 Å². The highest BCUT2D eigenvalue weighted by Crippen LogP contribution is 2.22. The maximum Gasteiger partial charge on any atom is 0.350 e. The summed E-state index contributed by atoms with van der Waals surface area (Å²) < 4.78 is 4.55. The lowest BCUT2D eigenvalue weighted by molar-refractivity contribution is -0.119. The molecule has 1 aromatic rings. The number of hydrogen-bond donors (Lipinski definition) is 2. The van der Waals surface area contributed by atoms with Crippen molar-refractivity contribution < 1.29 is 19.1 Å². The second kappa shape index (κ2) is 6.97. The molecule has 3 amide bonds. The van der Waals surface area contributed by atoms with Crippen molar-refractivity contribution >= 4 is 46.5 Å². The summed E-state index contributed by atoms with van der Waals surface area (Å²) >= 11 is 6.49. The molecule has 0 aliphatic carbocycles. The molecule has 0 aromatic carbocycles. The van der Waals surface area contributed by atoms with Crippen molar-refractivity contribution in [2.75, 3.05) is 18.3 Å². The number of anilines is 1. The predicted octanol–water partition coefficient (Wildman–Crippen LogP) is 1.81. The number of carbonyl (C=O) groups is 3. The van der Waals surface area contributed by atoms with Crippen molar-refractivity contribution in [2.45, 2.75) is 6.42 Å². The van der Waals surface area contributed by atoms with Gasteiger partial charge in [-0.3, -0.25) is 10.1 Å². The largest absolute Gasteiger partial charge is 0.465 e. The first-order valence-corrected chi connectivity index (χ1v) is 6.32. The predicted molar refractivity (Wildman–Crippen MR) is 68.2 cm³/mol. The molecule has 0 aliphatic heterocycles. The van der Waals surface area contributed by atoms with Gasteiger partial charge in [-0.2, -0.15) is 0 Å². The lowest BCUT2D eigenvalue weighted by Gasteiger charge is -2.06. The number of nitrogens with one attached hydrogen (secondary N) is 2. The molecular weight excluding hydrogens is 280 g/mol. The van der Waals surface area contributed by atoms with E-state index >= 15 is 0 Å². The van der Waals surface area contributed by atoms with Gasteiger partial charge in [0.05, 0.1) is 12.8 Å². The zero-order chi connectivity index (χ0) is 13.5. The van der Waals surface area contributed by atoms with Crippen LogP contribution in [-0.2, 0) is 9.53 Å². The second-order valence-electron chi connectivity index (χ2n) is 3.10. The van der Waals surface area contributed by atoms with Gasteiger partial charge in [-0.15, -0.1) is 22.9 Å². The van der Waals surface area contributed by atoms with Gasteiger partial charge in [0.1, 0.15) is 4.88 Å². The van der Waals surface area contributed by atoms with Gasteiger partial charge in [-0.05, 0) is 11.4 Å². The molecule has 0 saturated heterocycles. The Morgan fingerprint density at radius 3 is 2.78 bits per heavy atom. The van der Waals surface area contributed by atoms with Crippen LogP contribution in [0.25, 0.3) is 0 Å². The number of carbonyl (C=O) groups excluding carboxylic acids is 3. The standard InChI is InChI=1S/C10H11ClN2O4S/c1-17-9(15)8-6(3-5-18-8)12-10(16)13-7(14)2-4-11/h3,5H,2,4H2,1H3,(H2,12,13,14,16). The normalized spacial score (nSPS) is 9.67. The molecule has 1 aromatic heterocycles. The lowest BCUT2D eigenvalue weighted by atomic mass is 10.4. The smallest absolute Gasteiger partial charge is 0.350 e. The second-order valence-corrected chi connectivity index (χ2v) is 4.39. The third-order valence-corrected chi connectivity index (χ3v) is 2.94. The number of thiophene rings is 1. The van der Waals surface area contributed by atoms with Gasteiger partial charge >= 0.3 is 12.0 Å². The van der Waals surface area contributed by atoms with E-state index in [0.717, 1.165) is 11.3 Å². The quantitative estimate of drug-likeness (QED) is 0.654. The van der Waals surface area contributed by atoms with E-state index in [1.807, 2.05) is 0 Å². The maximum atomic E-state index is 11.4. The molecule has 1 rings (SSSR count). The molecule has 0 saturated carbocycles. The minimum Gasteiger partial charge on any atom is -0.465 e. The Hall–Kier alpha value is -1.60. The van der Waals surface area contributed by atoms with Crippen molar-refractivity contribution in [3.8, 4) is 0 Å². The van der Waals surface area contributed by atoms with Crippen molar-refractivity contribution in [2.24, 2.45) is 0 Å². The minimum absolute atomic E-state index is 0.0441. The van der Waals surface area contributed by atoms with E-state index in [-0.39, 0.29) is 17.2 Å². The molecule has 18 heavy (non-hydrogen) atoms. The Labute approximate surface area is 112 Å². The number of halogens is 1. The van der Waals surface area contributed by atoms with E-state index in [1.165, 1.54) is 7.11 Å². The Kier molecular flexibility index (Phi) is 5.60. The van der Waals surface area contributed by atoms with Crippen molar-refractivity contribution in [1.29, 1.82) is 0 Å². The van der Waals surface area contributed by atoms with E-state index in [1.54, 1.807) is 11.4 Å². The van der Waals surface area contributed by atoms with Crippen LogP contribution < -0.4 is 10.6 Å². The molecule has 6 nitrogen and oxygen atoms in total. The van der Waals surface area contributed by atoms with Crippen LogP contribution in [0.2, 0.25) is 0 Å². The zero-order valence-electron chi connectivity index (χ0n) is 9.49. The summed E-state index contributed by atoms with van der Waals surface area (Å²) in [5.74, 6) is -0.907. The van der Waals surface area contributed by atoms with E-state index in [0.29, 0.717) is 5.69 Å². The monoisotopic (exact) mass is 290 g/mol. The number of esters is 1. The van der Waals surface area contributed by atoms with Crippen LogP contribution in [-0.4, -0.2) is 30.9 Å². The number of amides is 3. The summed E-state index contributed by atoms with van der Waals surface area (Å²) in [4.78, 5) is 34.1. The molecule has 2 N–H and O–H groups in total. The summed E-state index contributed by atoms with van der Waals surface area (Å²) in [5.41, 5.74) is 0.294. The highest BCUT2D eigenvalue weighted by atomic mass is 35.5. The van der Waals surface area contributed by atoms with Crippen LogP contribution >= 0.6 is 22.9 Å². The lowest BCUT2D eigenvalue weighted by Crippen LogP contribution is -2.34. The van der Waals surface area contributed by atoms with E-state index in [2.05, 4.69) is 15.4 Å². The molecule has 0 unspecified atom stereocenters. The van der Waals surface area contributed by atoms with Crippen molar-refractivity contribution in [3.05, 3.63) is 16.3 Å². The molecule has 98 valence electrons. The minimum atomic E-state index is -0.714. The van der Waals surface area contributed by atoms with Gasteiger partial charge in [0.2, 0.25) is 5.91 Å². The van der Waals surface area contributed by atoms with Crippen molar-refractivity contribution in [1.82, 2.24) is 5.32 Å². The third kappa shape index (κ3) is 4.01. The number of alkyl halides is 1. The first-order chi connectivity index (χ1) is 8.58. The van der Waals surface area contributed by atoms with Crippen molar-refractivity contribution in [3.63, 3.8) is 0 Å². The summed E-state index contributed by atoms with van der Waals surface area (Å²) in [6.45, 7) is 0. The number of imide groups is 1. The summed E-state index contributed by atoms with van der Waals surface area (Å²) in [5, 5.41) is 6.10. The van der Waals surface area contributed by atoms with E-state index in [9.17, 15) is 14.4 Å². The summed E-state index contributed by atoms with van der Waals surface area (Å²) in [6, 6.07) is 0.830. The fraction of sp³-hybridized carbons (Fsp3) is 0.300. The number of methoxy groups -OCH3 is 1. The molecular formula is C10H11ClN2O4S. The molecule has 0 bridgehead atoms. The van der Waals surface area contributed by atoms with Gasteiger partial charge in [0.25, 0.3) is 0 Å². The number of hydrogen-bond acceptors (Lipinski definition) is 5. The maximum absolute atomic E-state index is 11.4. The van der Waals surface area contributed by atoms with E-state index < -0.39 is 17.9 Å². The van der Waals surface area contributed by atoms with Crippen LogP contribution in [0.4, 0.5) is 10.5 Å². The van der Waals surface area contributed by atoms with Crippen LogP contribution in [0.5, 0.6) is 0 Å². The third-order valence-electron chi connectivity index (χ3n) is 1.86. The molecule has 0 fully saturated rings. The average molecular weight is 291 g/mol. The Morgan fingerprint density at radius 1 is 1.44 bits per heavy atom. The first kappa shape index (κ1) is 14.5. The molecule has 8 heteroatoms. The topological polar surface area (TPSA) is 84.5 Å². The Balaban J connectivity index is 2.62. The highest BCUT2D eigenvalue weighted by Gasteiger charge is 2.16.